The van der Waals surface area contributed by atoms with Crippen molar-refractivity contribution in [2.24, 2.45) is 4.99 Å². The summed E-state index contributed by atoms with van der Waals surface area (Å²) in [6.07, 6.45) is 0. The van der Waals surface area contributed by atoms with Crippen molar-refractivity contribution in [2.75, 3.05) is 0 Å². The standard InChI is InChI=1S/C5H6NO.Y/c1-3-4-5(7)6-2;/h2H2,1H3,(H,6,7);/q-1;. The zero-order chi connectivity index (χ0) is 5.70. The minimum atomic E-state index is -0.220. The molecule has 0 saturated carbocycles. The molecule has 0 atom stereocenters. The molecule has 0 unspecified atom stereocenters. The number of aliphatic hydroxyl groups is 1. The van der Waals surface area contributed by atoms with E-state index in [1.54, 1.807) is 6.92 Å². The van der Waals surface area contributed by atoms with Crippen LogP contribution in [0.4, 0.5) is 0 Å². The summed E-state index contributed by atoms with van der Waals surface area (Å²) < 4.78 is 0. The predicted octanol–water partition coefficient (Wildman–Crippen LogP) is 0.755. The number of nitrogens with zero attached hydrogens (tertiary/aromatic N) is 1. The number of aliphatic imine (C=N–C) groups is 1. The van der Waals surface area contributed by atoms with E-state index >= 15 is 0 Å². The molecule has 0 spiro atoms. The molecule has 8 heavy (non-hydrogen) atoms. The molecule has 0 aliphatic heterocycles. The van der Waals surface area contributed by atoms with Crippen LogP contribution in [0.2, 0.25) is 0 Å². The Bertz CT molecular complexity index is 131. The zero-order valence-corrected chi connectivity index (χ0v) is 7.52. The van der Waals surface area contributed by atoms with E-state index in [0.29, 0.717) is 0 Å². The molecule has 0 rings (SSSR count). The monoisotopic (exact) mass is 185 g/mol. The maximum absolute atomic E-state index is 8.37. The molecule has 0 aromatic rings. The molecule has 3 heteroatoms. The third kappa shape index (κ3) is 6.00. The molecule has 0 bridgehead atoms. The average molecular weight is 185 g/mol. The zero-order valence-electron chi connectivity index (χ0n) is 4.68. The average Bonchev–Trinajstić information content (AvgIpc) is 1.68. The minimum Gasteiger partial charge on any atom is -0.571 e. The molecule has 0 aliphatic carbocycles. The van der Waals surface area contributed by atoms with Crippen LogP contribution in [0.1, 0.15) is 6.92 Å². The Balaban J connectivity index is 0. The van der Waals surface area contributed by atoms with Crippen LogP contribution >= 0.6 is 0 Å². The van der Waals surface area contributed by atoms with E-state index in [1.807, 2.05) is 0 Å². The van der Waals surface area contributed by atoms with E-state index in [-0.39, 0.29) is 38.6 Å². The van der Waals surface area contributed by atoms with E-state index in [9.17, 15) is 0 Å². The maximum Gasteiger partial charge on any atom is 0.104 e. The van der Waals surface area contributed by atoms with Gasteiger partial charge in [-0.2, -0.15) is 7.05 Å². The van der Waals surface area contributed by atoms with E-state index < -0.39 is 0 Å². The summed E-state index contributed by atoms with van der Waals surface area (Å²) in [5, 5.41) is 8.37. The van der Waals surface area contributed by atoms with Gasteiger partial charge in [0.1, 0.15) is 5.90 Å². The van der Waals surface area contributed by atoms with Crippen molar-refractivity contribution in [1.29, 1.82) is 0 Å². The summed E-state index contributed by atoms with van der Waals surface area (Å²) in [7, 11) is 3.04. The van der Waals surface area contributed by atoms with Gasteiger partial charge < -0.3 is 10.1 Å². The van der Waals surface area contributed by atoms with Gasteiger partial charge in [-0.1, -0.05) is 0 Å². The molecule has 0 fully saturated rings. The largest absolute Gasteiger partial charge is 0.571 e. The van der Waals surface area contributed by atoms with Gasteiger partial charge in [0.15, 0.2) is 0 Å². The van der Waals surface area contributed by atoms with Crippen LogP contribution in [-0.4, -0.2) is 11.0 Å². The Hall–Kier alpha value is 0.00390. The Morgan fingerprint density at radius 3 is 2.38 bits per heavy atom. The fourth-order valence-corrected chi connectivity index (χ4v) is 0.151. The molecule has 0 aliphatic rings. The van der Waals surface area contributed by atoms with Crippen molar-refractivity contribution in [3.05, 3.63) is 7.05 Å². The van der Waals surface area contributed by atoms with Gasteiger partial charge in [0.2, 0.25) is 0 Å². The summed E-state index contributed by atoms with van der Waals surface area (Å²) in [5.41, 5.74) is 0. The first-order valence-corrected chi connectivity index (χ1v) is 1.76. The number of hydrogen-bond donors (Lipinski definition) is 1. The second-order valence-corrected chi connectivity index (χ2v) is 0.857. The van der Waals surface area contributed by atoms with Crippen molar-refractivity contribution < 1.29 is 37.8 Å². The quantitative estimate of drug-likeness (QED) is 0.257. The Morgan fingerprint density at radius 2 is 2.25 bits per heavy atom. The van der Waals surface area contributed by atoms with E-state index in [1.165, 1.54) is 0 Å². The van der Waals surface area contributed by atoms with Crippen LogP contribution in [0.25, 0.3) is 0 Å². The van der Waals surface area contributed by atoms with E-state index in [0.717, 1.165) is 0 Å². The summed E-state index contributed by atoms with van der Waals surface area (Å²) in [4.78, 5) is 3.13. The molecule has 1 radical (unpaired) electrons. The van der Waals surface area contributed by atoms with Crippen LogP contribution in [0.5, 0.6) is 0 Å². The number of rotatable bonds is 0. The second-order valence-electron chi connectivity index (χ2n) is 0.857. The van der Waals surface area contributed by atoms with Gasteiger partial charge in [-0.3, -0.25) is 0 Å². The molecule has 41 valence electrons. The summed E-state index contributed by atoms with van der Waals surface area (Å²) in [6, 6.07) is 0. The van der Waals surface area contributed by atoms with E-state index in [4.69, 9.17) is 5.11 Å². The van der Waals surface area contributed by atoms with Crippen LogP contribution in [0.15, 0.2) is 4.99 Å². The first kappa shape index (κ1) is 10.9. The second kappa shape index (κ2) is 7.00. The van der Waals surface area contributed by atoms with Crippen molar-refractivity contribution in [3.8, 4) is 11.8 Å². The molecule has 2 nitrogen and oxygen atoms in total. The van der Waals surface area contributed by atoms with Crippen molar-refractivity contribution >= 4 is 5.90 Å². The van der Waals surface area contributed by atoms with Gasteiger partial charge in [0, 0.05) is 32.7 Å². The van der Waals surface area contributed by atoms with Gasteiger partial charge in [-0.05, 0) is 6.92 Å². The SMILES string of the molecule is [CH2-]N=C(O)C#CC.[Y]. The molecule has 0 aromatic carbocycles. The van der Waals surface area contributed by atoms with Crippen LogP contribution in [-0.2, 0) is 32.7 Å². The van der Waals surface area contributed by atoms with Gasteiger partial charge in [0.05, 0.1) is 0 Å². The van der Waals surface area contributed by atoms with Crippen molar-refractivity contribution in [1.82, 2.24) is 0 Å². The molecule has 0 amide bonds. The molecular weight excluding hydrogens is 179 g/mol. The predicted molar refractivity (Wildman–Crippen MR) is 28.9 cm³/mol. The van der Waals surface area contributed by atoms with E-state index in [2.05, 4.69) is 23.9 Å². The Morgan fingerprint density at radius 1 is 1.75 bits per heavy atom. The molecular formula is C5H6NOY-. The minimum absolute atomic E-state index is 0. The molecule has 1 N–H and O–H groups in total. The normalized spacial score (nSPS) is 8.38. The van der Waals surface area contributed by atoms with Gasteiger partial charge >= 0.3 is 0 Å². The topological polar surface area (TPSA) is 32.6 Å². The Kier molecular flexibility index (Phi) is 9.54. The maximum atomic E-state index is 8.37. The molecule has 0 saturated heterocycles. The van der Waals surface area contributed by atoms with Gasteiger partial charge in [0.25, 0.3) is 0 Å². The Labute approximate surface area is 74.3 Å². The summed E-state index contributed by atoms with van der Waals surface area (Å²) >= 11 is 0. The third-order valence-electron chi connectivity index (χ3n) is 0.387. The van der Waals surface area contributed by atoms with Crippen LogP contribution in [0.3, 0.4) is 0 Å². The van der Waals surface area contributed by atoms with Crippen LogP contribution in [0, 0.1) is 18.9 Å². The smallest absolute Gasteiger partial charge is 0.104 e. The van der Waals surface area contributed by atoms with Crippen LogP contribution < -0.4 is 0 Å². The third-order valence-corrected chi connectivity index (χ3v) is 0.387. The van der Waals surface area contributed by atoms with Gasteiger partial charge in [-0.15, -0.1) is 11.8 Å². The number of hydrogen-bond acceptors (Lipinski definition) is 1. The first-order chi connectivity index (χ1) is 3.31. The van der Waals surface area contributed by atoms with Gasteiger partial charge in [-0.25, -0.2) is 0 Å². The summed E-state index contributed by atoms with van der Waals surface area (Å²) in [5.74, 6) is 4.52. The summed E-state index contributed by atoms with van der Waals surface area (Å²) in [6.45, 7) is 1.61. The molecule has 0 heterocycles. The molecule has 0 aromatic heterocycles. The fourth-order valence-electron chi connectivity index (χ4n) is 0.151. The van der Waals surface area contributed by atoms with Crippen molar-refractivity contribution in [3.63, 3.8) is 0 Å². The fraction of sp³-hybridized carbons (Fsp3) is 0.200. The number of aliphatic hydroxyl groups excluding tert-OH is 1. The first-order valence-electron chi connectivity index (χ1n) is 1.76. The van der Waals surface area contributed by atoms with Crippen molar-refractivity contribution in [2.45, 2.75) is 6.92 Å².